The average molecular weight is 206 g/mol. The number of carbonyl (C=O) groups is 1. The predicted octanol–water partition coefficient (Wildman–Crippen LogP) is 0.241. The third-order valence-corrected chi connectivity index (χ3v) is 1.67. The Balaban J connectivity index is 2.83. The van der Waals surface area contributed by atoms with Crippen LogP contribution in [0.2, 0.25) is 0 Å². The summed E-state index contributed by atoms with van der Waals surface area (Å²) in [5, 5.41) is 8.46. The zero-order valence-corrected chi connectivity index (χ0v) is 7.96. The molecule has 1 rings (SSSR count). The van der Waals surface area contributed by atoms with Crippen LogP contribution in [0.3, 0.4) is 0 Å². The van der Waals surface area contributed by atoms with Crippen molar-refractivity contribution in [3.05, 3.63) is 41.4 Å². The summed E-state index contributed by atoms with van der Waals surface area (Å²) >= 11 is 0. The first-order valence-electron chi connectivity index (χ1n) is 4.35. The normalized spacial score (nSPS) is 9.13. The minimum absolute atomic E-state index is 0.120. The van der Waals surface area contributed by atoms with Crippen LogP contribution in [0.5, 0.6) is 0 Å². The second-order valence-corrected chi connectivity index (χ2v) is 2.67. The van der Waals surface area contributed by atoms with Crippen LogP contribution in [0.25, 0.3) is 5.53 Å². The predicted molar refractivity (Wildman–Crippen MR) is 52.2 cm³/mol. The topological polar surface area (TPSA) is 82.9 Å². The van der Waals surface area contributed by atoms with Crippen LogP contribution in [-0.4, -0.2) is 34.8 Å². The Morgan fingerprint density at radius 1 is 1.40 bits per heavy atom. The fraction of sp³-hybridized carbons (Fsp3) is 0.200. The maximum absolute atomic E-state index is 11.3. The summed E-state index contributed by atoms with van der Waals surface area (Å²) in [5.74, 6) is -0.766. The van der Waals surface area contributed by atoms with Gasteiger partial charge in [0, 0.05) is 0 Å². The van der Waals surface area contributed by atoms with Gasteiger partial charge in [0.1, 0.15) is 6.61 Å². The van der Waals surface area contributed by atoms with E-state index in [2.05, 4.69) is 9.53 Å². The van der Waals surface area contributed by atoms with E-state index in [0.717, 1.165) is 0 Å². The molecule has 15 heavy (non-hydrogen) atoms. The van der Waals surface area contributed by atoms with Gasteiger partial charge in [-0.15, -0.1) is 0 Å². The van der Waals surface area contributed by atoms with Gasteiger partial charge in [-0.05, 0) is 12.1 Å². The molecular weight excluding hydrogens is 196 g/mol. The molecule has 0 aliphatic carbocycles. The second kappa shape index (κ2) is 5.70. The second-order valence-electron chi connectivity index (χ2n) is 2.67. The molecule has 0 spiro atoms. The number of rotatable bonds is 4. The van der Waals surface area contributed by atoms with Crippen LogP contribution >= 0.6 is 0 Å². The minimum atomic E-state index is -0.766. The molecule has 0 aliphatic rings. The SMILES string of the molecule is [N-]=[N+]=C(C(=O)OCCO)c1ccccc1. The van der Waals surface area contributed by atoms with Gasteiger partial charge >= 0.3 is 11.7 Å². The number of hydrogen-bond acceptors (Lipinski definition) is 3. The number of esters is 1. The van der Waals surface area contributed by atoms with Crippen LogP contribution in [0, 0.1) is 0 Å². The van der Waals surface area contributed by atoms with Gasteiger partial charge in [0.2, 0.25) is 0 Å². The molecule has 0 saturated heterocycles. The van der Waals surface area contributed by atoms with E-state index < -0.39 is 5.97 Å². The van der Waals surface area contributed by atoms with E-state index in [-0.39, 0.29) is 18.9 Å². The van der Waals surface area contributed by atoms with Gasteiger partial charge in [0.25, 0.3) is 0 Å². The van der Waals surface area contributed by atoms with E-state index in [1.54, 1.807) is 30.3 Å². The maximum atomic E-state index is 11.3. The first-order chi connectivity index (χ1) is 7.29. The minimum Gasteiger partial charge on any atom is -0.454 e. The number of aliphatic hydroxyl groups excluding tert-OH is 1. The zero-order chi connectivity index (χ0) is 11.1. The third-order valence-electron chi connectivity index (χ3n) is 1.67. The largest absolute Gasteiger partial charge is 0.454 e. The molecule has 0 atom stereocenters. The number of nitrogens with zero attached hydrogens (tertiary/aromatic N) is 2. The fourth-order valence-corrected chi connectivity index (χ4v) is 1.02. The highest BCUT2D eigenvalue weighted by Gasteiger charge is 2.23. The Morgan fingerprint density at radius 3 is 2.60 bits per heavy atom. The average Bonchev–Trinajstić information content (AvgIpc) is 2.29. The lowest BCUT2D eigenvalue weighted by atomic mass is 10.1. The third kappa shape index (κ3) is 3.02. The van der Waals surface area contributed by atoms with Gasteiger partial charge < -0.3 is 15.4 Å². The standard InChI is InChI=1S/C10H10N2O3/c11-12-9(10(14)15-7-6-13)8-4-2-1-3-5-8/h1-5,13H,6-7H2. The molecule has 1 aromatic carbocycles. The highest BCUT2D eigenvalue weighted by Crippen LogP contribution is 2.00. The molecule has 0 unspecified atom stereocenters. The van der Waals surface area contributed by atoms with Crippen molar-refractivity contribution in [1.82, 2.24) is 0 Å². The summed E-state index contributed by atoms with van der Waals surface area (Å²) in [6.45, 7) is -0.385. The molecule has 0 radical (unpaired) electrons. The lowest BCUT2D eigenvalue weighted by Crippen LogP contribution is -2.21. The van der Waals surface area contributed by atoms with Crippen LogP contribution in [0.1, 0.15) is 5.56 Å². The van der Waals surface area contributed by atoms with Crippen molar-refractivity contribution in [2.45, 2.75) is 0 Å². The van der Waals surface area contributed by atoms with Gasteiger partial charge in [-0.2, -0.15) is 4.79 Å². The van der Waals surface area contributed by atoms with Crippen molar-refractivity contribution in [3.63, 3.8) is 0 Å². The number of aliphatic hydroxyl groups is 1. The molecule has 0 fully saturated rings. The van der Waals surface area contributed by atoms with Crippen molar-refractivity contribution >= 4 is 11.7 Å². The summed E-state index contributed by atoms with van der Waals surface area (Å²) in [4.78, 5) is 14.2. The molecule has 0 saturated carbocycles. The molecule has 0 aliphatic heterocycles. The summed E-state index contributed by atoms with van der Waals surface area (Å²) in [5.41, 5.74) is 8.96. The van der Waals surface area contributed by atoms with Gasteiger partial charge in [0.15, 0.2) is 0 Å². The van der Waals surface area contributed by atoms with Crippen LogP contribution in [0.15, 0.2) is 30.3 Å². The van der Waals surface area contributed by atoms with E-state index in [1.165, 1.54) is 0 Å². The van der Waals surface area contributed by atoms with E-state index in [9.17, 15) is 4.79 Å². The lowest BCUT2D eigenvalue weighted by molar-refractivity contribution is -0.140. The summed E-state index contributed by atoms with van der Waals surface area (Å²) in [7, 11) is 0. The summed E-state index contributed by atoms with van der Waals surface area (Å²) in [6.07, 6.45) is 0. The Morgan fingerprint density at radius 2 is 2.07 bits per heavy atom. The molecular formula is C10H10N2O3. The number of carbonyl (C=O) groups excluding carboxylic acids is 1. The smallest absolute Gasteiger partial charge is 0.422 e. The Kier molecular flexibility index (Phi) is 4.22. The van der Waals surface area contributed by atoms with Crippen molar-refractivity contribution < 1.29 is 19.4 Å². The Labute approximate surface area is 86.5 Å². The monoisotopic (exact) mass is 206 g/mol. The number of ether oxygens (including phenoxy) is 1. The van der Waals surface area contributed by atoms with Gasteiger partial charge in [-0.3, -0.25) is 0 Å². The van der Waals surface area contributed by atoms with Crippen LogP contribution < -0.4 is 0 Å². The molecule has 0 bridgehead atoms. The van der Waals surface area contributed by atoms with Crippen molar-refractivity contribution in [2.24, 2.45) is 0 Å². The van der Waals surface area contributed by atoms with E-state index in [0.29, 0.717) is 5.56 Å². The molecule has 1 N–H and O–H groups in total. The molecule has 5 nitrogen and oxygen atoms in total. The van der Waals surface area contributed by atoms with E-state index in [4.69, 9.17) is 10.6 Å². The highest BCUT2D eigenvalue weighted by molar-refractivity contribution is 6.40. The zero-order valence-electron chi connectivity index (χ0n) is 7.96. The number of hydrogen-bond donors (Lipinski definition) is 1. The van der Waals surface area contributed by atoms with Gasteiger partial charge in [-0.1, -0.05) is 18.2 Å². The lowest BCUT2D eigenvalue weighted by Gasteiger charge is -1.98. The van der Waals surface area contributed by atoms with Crippen molar-refractivity contribution in [3.8, 4) is 0 Å². The Bertz CT molecular complexity index is 383. The van der Waals surface area contributed by atoms with Crippen molar-refractivity contribution in [1.29, 1.82) is 0 Å². The van der Waals surface area contributed by atoms with E-state index >= 15 is 0 Å². The highest BCUT2D eigenvalue weighted by atomic mass is 16.5. The first-order valence-corrected chi connectivity index (χ1v) is 4.35. The molecule has 5 heteroatoms. The van der Waals surface area contributed by atoms with Crippen LogP contribution in [-0.2, 0) is 9.53 Å². The van der Waals surface area contributed by atoms with Crippen LogP contribution in [0.4, 0.5) is 0 Å². The maximum Gasteiger partial charge on any atom is 0.422 e. The number of benzene rings is 1. The quantitative estimate of drug-likeness (QED) is 0.331. The van der Waals surface area contributed by atoms with Gasteiger partial charge in [0.05, 0.1) is 12.2 Å². The molecule has 0 heterocycles. The summed E-state index contributed by atoms with van der Waals surface area (Å²) in [6, 6.07) is 8.43. The van der Waals surface area contributed by atoms with E-state index in [1.807, 2.05) is 0 Å². The fourth-order valence-electron chi connectivity index (χ4n) is 1.02. The molecule has 78 valence electrons. The van der Waals surface area contributed by atoms with Crippen molar-refractivity contribution in [2.75, 3.05) is 13.2 Å². The van der Waals surface area contributed by atoms with Gasteiger partial charge in [-0.25, -0.2) is 4.79 Å². The molecule has 1 aromatic rings. The summed E-state index contributed by atoms with van der Waals surface area (Å²) < 4.78 is 4.62. The Hall–Kier alpha value is -1.97. The molecule has 0 amide bonds. The molecule has 0 aromatic heterocycles. The first kappa shape index (κ1) is 11.1.